The Bertz CT molecular complexity index is 1170. The maximum Gasteiger partial charge on any atom is 0.323 e. The minimum atomic E-state index is -0.856. The van der Waals surface area contributed by atoms with E-state index in [9.17, 15) is 19.1 Å². The highest BCUT2D eigenvalue weighted by molar-refractivity contribution is 6.31. The van der Waals surface area contributed by atoms with Gasteiger partial charge in [0.05, 0.1) is 10.7 Å². The third kappa shape index (κ3) is 5.04. The van der Waals surface area contributed by atoms with Crippen molar-refractivity contribution >= 4 is 35.0 Å². The molecule has 0 radical (unpaired) electrons. The quantitative estimate of drug-likeness (QED) is 0.436. The molecule has 8 nitrogen and oxygen atoms in total. The highest BCUT2D eigenvalue weighted by Gasteiger charge is 2.45. The summed E-state index contributed by atoms with van der Waals surface area (Å²) in [7, 11) is 0. The first-order chi connectivity index (χ1) is 15.9. The van der Waals surface area contributed by atoms with Gasteiger partial charge >= 0.3 is 18.0 Å². The number of nitrogens with one attached hydrogen (secondary N) is 2. The number of carbonyl (C=O) groups is 2. The molecule has 3 N–H and O–H groups in total. The standard InChI is InChI=1S/C23H20ClFN4O4/c24-17-3-1-4-18(19(17)25)29-21(32)28-16-7-5-14(6-8-16)15-11-26-22(27-12-15)33-13-23(20(30)31)9-2-10-23/h1,3-8,11-12H,2,9-10,13H2,(H,30,31)(H2,28,29,32). The van der Waals surface area contributed by atoms with Crippen molar-refractivity contribution in [3.05, 3.63) is 65.7 Å². The zero-order valence-corrected chi connectivity index (χ0v) is 18.1. The number of rotatable bonds is 7. The van der Waals surface area contributed by atoms with Gasteiger partial charge in [0, 0.05) is 23.6 Å². The molecule has 10 heteroatoms. The molecule has 170 valence electrons. The Morgan fingerprint density at radius 2 is 1.76 bits per heavy atom. The third-order valence-electron chi connectivity index (χ3n) is 5.55. The number of amides is 2. The zero-order chi connectivity index (χ0) is 23.4. The number of anilines is 2. The van der Waals surface area contributed by atoms with Crippen LogP contribution in [0.4, 0.5) is 20.6 Å². The molecule has 1 fully saturated rings. The Labute approximate surface area is 193 Å². The predicted octanol–water partition coefficient (Wildman–Crippen LogP) is 5.21. The molecule has 1 saturated carbocycles. The largest absolute Gasteiger partial charge is 0.481 e. The second kappa shape index (κ2) is 9.41. The first-order valence-electron chi connectivity index (χ1n) is 10.2. The molecule has 2 aromatic carbocycles. The van der Waals surface area contributed by atoms with Crippen LogP contribution in [0.25, 0.3) is 11.1 Å². The van der Waals surface area contributed by atoms with Crippen molar-refractivity contribution in [2.75, 3.05) is 17.2 Å². The number of benzene rings is 2. The molecule has 1 heterocycles. The molecule has 0 aliphatic heterocycles. The van der Waals surface area contributed by atoms with E-state index in [0.29, 0.717) is 18.5 Å². The van der Waals surface area contributed by atoms with Crippen LogP contribution in [0.3, 0.4) is 0 Å². The fourth-order valence-electron chi connectivity index (χ4n) is 3.40. The van der Waals surface area contributed by atoms with E-state index in [4.69, 9.17) is 16.3 Å². The van der Waals surface area contributed by atoms with Crippen molar-refractivity contribution < 1.29 is 23.8 Å². The Morgan fingerprint density at radius 1 is 1.06 bits per heavy atom. The average molecular weight is 471 g/mol. The number of halogens is 2. The van der Waals surface area contributed by atoms with Gasteiger partial charge in [-0.1, -0.05) is 36.2 Å². The molecular formula is C23H20ClFN4O4. The van der Waals surface area contributed by atoms with Crippen LogP contribution in [0.5, 0.6) is 6.01 Å². The summed E-state index contributed by atoms with van der Waals surface area (Å²) in [5.74, 6) is -1.56. The number of hydrogen-bond acceptors (Lipinski definition) is 5. The number of carboxylic acid groups (broad SMARTS) is 1. The fraction of sp³-hybridized carbons (Fsp3) is 0.217. The second-order valence-corrected chi connectivity index (χ2v) is 8.15. The van der Waals surface area contributed by atoms with Gasteiger partial charge in [0.2, 0.25) is 0 Å². The van der Waals surface area contributed by atoms with E-state index in [2.05, 4.69) is 20.6 Å². The number of aliphatic carboxylic acids is 1. The smallest absolute Gasteiger partial charge is 0.323 e. The summed E-state index contributed by atoms with van der Waals surface area (Å²) in [5.41, 5.74) is 1.16. The van der Waals surface area contributed by atoms with Crippen molar-refractivity contribution in [2.45, 2.75) is 19.3 Å². The second-order valence-electron chi connectivity index (χ2n) is 7.74. The molecule has 3 aromatic rings. The molecule has 1 aromatic heterocycles. The number of aromatic nitrogens is 2. The molecule has 0 atom stereocenters. The van der Waals surface area contributed by atoms with Gasteiger partial charge in [-0.15, -0.1) is 0 Å². The summed E-state index contributed by atoms with van der Waals surface area (Å²) in [4.78, 5) is 31.9. The SMILES string of the molecule is O=C(Nc1ccc(-c2cnc(OCC3(C(=O)O)CCC3)nc2)cc1)Nc1cccc(Cl)c1F. The van der Waals surface area contributed by atoms with Crippen LogP contribution in [0, 0.1) is 11.2 Å². The van der Waals surface area contributed by atoms with Crippen LogP contribution >= 0.6 is 11.6 Å². The normalized spacial score (nSPS) is 14.1. The molecule has 4 rings (SSSR count). The lowest BCUT2D eigenvalue weighted by Gasteiger charge is -2.36. The third-order valence-corrected chi connectivity index (χ3v) is 5.84. The van der Waals surface area contributed by atoms with Crippen LogP contribution in [0.2, 0.25) is 5.02 Å². The molecule has 0 saturated heterocycles. The lowest BCUT2D eigenvalue weighted by atomic mass is 9.69. The lowest BCUT2D eigenvalue weighted by molar-refractivity contribution is -0.157. The van der Waals surface area contributed by atoms with Crippen molar-refractivity contribution in [3.8, 4) is 17.1 Å². The topological polar surface area (TPSA) is 113 Å². The number of nitrogens with zero attached hydrogens (tertiary/aromatic N) is 2. The van der Waals surface area contributed by atoms with E-state index in [1.165, 1.54) is 18.2 Å². The number of carboxylic acids is 1. The maximum atomic E-state index is 13.9. The Kier molecular flexibility index (Phi) is 6.41. The van der Waals surface area contributed by atoms with E-state index in [0.717, 1.165) is 17.5 Å². The van der Waals surface area contributed by atoms with Gasteiger partial charge in [-0.05, 0) is 42.7 Å². The molecule has 0 spiro atoms. The summed E-state index contributed by atoms with van der Waals surface area (Å²) >= 11 is 5.71. The number of carbonyl (C=O) groups excluding carboxylic acids is 1. The van der Waals surface area contributed by atoms with Crippen molar-refractivity contribution in [1.29, 1.82) is 0 Å². The van der Waals surface area contributed by atoms with E-state index in [1.54, 1.807) is 36.7 Å². The summed E-state index contributed by atoms with van der Waals surface area (Å²) in [5, 5.41) is 14.3. The van der Waals surface area contributed by atoms with E-state index in [1.807, 2.05) is 0 Å². The Morgan fingerprint density at radius 3 is 2.36 bits per heavy atom. The molecule has 2 amide bonds. The summed E-state index contributed by atoms with van der Waals surface area (Å²) < 4.78 is 19.4. The fourth-order valence-corrected chi connectivity index (χ4v) is 3.57. The Balaban J connectivity index is 1.34. The van der Waals surface area contributed by atoms with Crippen molar-refractivity contribution in [1.82, 2.24) is 9.97 Å². The molecular weight excluding hydrogens is 451 g/mol. The molecule has 0 bridgehead atoms. The highest BCUT2D eigenvalue weighted by atomic mass is 35.5. The van der Waals surface area contributed by atoms with Gasteiger partial charge in [-0.25, -0.2) is 19.2 Å². The Hall–Kier alpha value is -3.72. The van der Waals surface area contributed by atoms with E-state index < -0.39 is 23.2 Å². The van der Waals surface area contributed by atoms with Crippen LogP contribution in [0.15, 0.2) is 54.9 Å². The van der Waals surface area contributed by atoms with Gasteiger partial charge in [0.25, 0.3) is 0 Å². The number of ether oxygens (including phenoxy) is 1. The molecule has 1 aliphatic rings. The van der Waals surface area contributed by atoms with Gasteiger partial charge in [-0.2, -0.15) is 0 Å². The van der Waals surface area contributed by atoms with Crippen molar-refractivity contribution in [2.24, 2.45) is 5.41 Å². The summed E-state index contributed by atoms with van der Waals surface area (Å²) in [6.45, 7) is 0.0448. The van der Waals surface area contributed by atoms with E-state index >= 15 is 0 Å². The first kappa shape index (κ1) is 22.5. The molecule has 0 unspecified atom stereocenters. The lowest BCUT2D eigenvalue weighted by Crippen LogP contribution is -2.43. The van der Waals surface area contributed by atoms with Crippen LogP contribution in [-0.2, 0) is 4.79 Å². The van der Waals surface area contributed by atoms with Gasteiger partial charge in [0.1, 0.15) is 12.0 Å². The minimum Gasteiger partial charge on any atom is -0.481 e. The van der Waals surface area contributed by atoms with Crippen LogP contribution in [-0.4, -0.2) is 33.7 Å². The first-order valence-corrected chi connectivity index (χ1v) is 10.5. The summed E-state index contributed by atoms with van der Waals surface area (Å²) in [6, 6.07) is 10.7. The predicted molar refractivity (Wildman–Crippen MR) is 121 cm³/mol. The molecule has 1 aliphatic carbocycles. The zero-order valence-electron chi connectivity index (χ0n) is 17.3. The van der Waals surface area contributed by atoms with Crippen LogP contribution < -0.4 is 15.4 Å². The minimum absolute atomic E-state index is 0.0253. The summed E-state index contributed by atoms with van der Waals surface area (Å²) in [6.07, 6.45) is 5.21. The molecule has 33 heavy (non-hydrogen) atoms. The number of urea groups is 1. The van der Waals surface area contributed by atoms with Gasteiger partial charge < -0.3 is 20.5 Å². The number of hydrogen-bond donors (Lipinski definition) is 3. The van der Waals surface area contributed by atoms with E-state index in [-0.39, 0.29) is 23.3 Å². The monoisotopic (exact) mass is 470 g/mol. The average Bonchev–Trinajstić information content (AvgIpc) is 2.77. The highest BCUT2D eigenvalue weighted by Crippen LogP contribution is 2.41. The van der Waals surface area contributed by atoms with Gasteiger partial charge in [-0.3, -0.25) is 4.79 Å². The van der Waals surface area contributed by atoms with Crippen LogP contribution in [0.1, 0.15) is 19.3 Å². The van der Waals surface area contributed by atoms with Crippen molar-refractivity contribution in [3.63, 3.8) is 0 Å². The maximum absolute atomic E-state index is 13.9. The van der Waals surface area contributed by atoms with Gasteiger partial charge in [0.15, 0.2) is 5.82 Å².